The van der Waals surface area contributed by atoms with Crippen molar-refractivity contribution in [3.8, 4) is 0 Å². The van der Waals surface area contributed by atoms with Crippen molar-refractivity contribution >= 4 is 27.4 Å². The molecule has 2 saturated heterocycles. The van der Waals surface area contributed by atoms with Gasteiger partial charge in [-0.15, -0.1) is 0 Å². The third kappa shape index (κ3) is 3.54. The Morgan fingerprint density at radius 1 is 1.00 bits per heavy atom. The van der Waals surface area contributed by atoms with Crippen LogP contribution in [0.1, 0.15) is 19.3 Å². The fraction of sp³-hybridized carbons (Fsp3) is 0.368. The molecule has 7 nitrogen and oxygen atoms in total. The second-order valence-electron chi connectivity index (χ2n) is 6.80. The molecule has 4 rings (SSSR count). The third-order valence-electron chi connectivity index (χ3n) is 5.03. The van der Waals surface area contributed by atoms with E-state index in [1.165, 1.54) is 10.5 Å². The Labute approximate surface area is 159 Å². The van der Waals surface area contributed by atoms with E-state index in [4.69, 9.17) is 0 Å². The van der Waals surface area contributed by atoms with Crippen molar-refractivity contribution < 1.29 is 13.2 Å². The van der Waals surface area contributed by atoms with Gasteiger partial charge >= 0.3 is 0 Å². The van der Waals surface area contributed by atoms with E-state index < -0.39 is 10.0 Å². The molecular weight excluding hydrogens is 364 g/mol. The minimum Gasteiger partial charge on any atom is -0.358 e. The highest BCUT2D eigenvalue weighted by atomic mass is 32.2. The number of nitrogens with zero attached hydrogens (tertiary/aromatic N) is 3. The molecule has 0 saturated carbocycles. The zero-order valence-corrected chi connectivity index (χ0v) is 15.7. The lowest BCUT2D eigenvalue weighted by Crippen LogP contribution is -2.33. The molecule has 0 spiro atoms. The summed E-state index contributed by atoms with van der Waals surface area (Å²) in [7, 11) is -3.47. The van der Waals surface area contributed by atoms with Gasteiger partial charge in [0, 0.05) is 31.5 Å². The average molecular weight is 386 g/mol. The molecule has 0 radical (unpaired) electrons. The number of benzene rings is 1. The Balaban J connectivity index is 1.44. The summed E-state index contributed by atoms with van der Waals surface area (Å²) in [5, 5.41) is 3.13. The number of sulfonamides is 1. The zero-order valence-electron chi connectivity index (χ0n) is 14.9. The van der Waals surface area contributed by atoms with E-state index in [1.54, 1.807) is 17.0 Å². The van der Waals surface area contributed by atoms with Crippen molar-refractivity contribution in [1.29, 1.82) is 0 Å². The number of amides is 1. The molecule has 1 unspecified atom stereocenters. The van der Waals surface area contributed by atoms with Crippen molar-refractivity contribution in [3.63, 3.8) is 0 Å². The summed E-state index contributed by atoms with van der Waals surface area (Å²) >= 11 is 0. The molecule has 2 aliphatic rings. The lowest BCUT2D eigenvalue weighted by molar-refractivity contribution is -0.117. The number of aromatic nitrogens is 1. The Bertz CT molecular complexity index is 910. The summed E-state index contributed by atoms with van der Waals surface area (Å²) in [4.78, 5) is 18.8. The highest BCUT2D eigenvalue weighted by Crippen LogP contribution is 2.24. The maximum absolute atomic E-state index is 12.6. The Morgan fingerprint density at radius 2 is 1.74 bits per heavy atom. The highest BCUT2D eigenvalue weighted by molar-refractivity contribution is 7.89. The quantitative estimate of drug-likeness (QED) is 0.851. The average Bonchev–Trinajstić information content (AvgIpc) is 3.34. The van der Waals surface area contributed by atoms with Crippen molar-refractivity contribution in [2.24, 2.45) is 0 Å². The molecule has 3 heterocycles. The Kier molecular flexibility index (Phi) is 4.84. The summed E-state index contributed by atoms with van der Waals surface area (Å²) < 4.78 is 26.6. The topological polar surface area (TPSA) is 82.6 Å². The summed E-state index contributed by atoms with van der Waals surface area (Å²) in [6, 6.07) is 12.4. The SMILES string of the molecule is O=C1C(Nc2ccc(S(=O)(=O)N3CCCC3)cn2)CCN1c1ccccc1. The van der Waals surface area contributed by atoms with Crippen LogP contribution in [-0.2, 0) is 14.8 Å². The molecule has 0 aliphatic carbocycles. The predicted octanol–water partition coefficient (Wildman–Crippen LogP) is 2.08. The molecular formula is C19H22N4O3S. The standard InChI is InChI=1S/C19H22N4O3S/c24-19-17(10-13-23(19)15-6-2-1-3-7-15)21-18-9-8-16(14-20-18)27(25,26)22-11-4-5-12-22/h1-3,6-9,14,17H,4-5,10-13H2,(H,20,21). The number of rotatable bonds is 5. The van der Waals surface area contributed by atoms with Gasteiger partial charge in [-0.2, -0.15) is 4.31 Å². The summed E-state index contributed by atoms with van der Waals surface area (Å²) in [5.74, 6) is 0.500. The van der Waals surface area contributed by atoms with Crippen LogP contribution in [0.3, 0.4) is 0 Å². The highest BCUT2D eigenvalue weighted by Gasteiger charge is 2.33. The molecule has 2 fully saturated rings. The minimum atomic E-state index is -3.47. The van der Waals surface area contributed by atoms with Gasteiger partial charge < -0.3 is 10.2 Å². The first kappa shape index (κ1) is 17.9. The number of carbonyl (C=O) groups excluding carboxylic acids is 1. The summed E-state index contributed by atoms with van der Waals surface area (Å²) in [6.45, 7) is 1.77. The molecule has 1 aromatic carbocycles. The fourth-order valence-electron chi connectivity index (χ4n) is 3.55. The van der Waals surface area contributed by atoms with E-state index >= 15 is 0 Å². The maximum atomic E-state index is 12.6. The molecule has 1 atom stereocenters. The number of para-hydroxylation sites is 1. The smallest absolute Gasteiger partial charge is 0.249 e. The van der Waals surface area contributed by atoms with Gasteiger partial charge in [0.1, 0.15) is 16.8 Å². The van der Waals surface area contributed by atoms with Gasteiger partial charge in [-0.25, -0.2) is 13.4 Å². The molecule has 8 heteroatoms. The van der Waals surface area contributed by atoms with E-state index in [9.17, 15) is 13.2 Å². The molecule has 2 aromatic rings. The van der Waals surface area contributed by atoms with Crippen LogP contribution in [0.25, 0.3) is 0 Å². The van der Waals surface area contributed by atoms with Gasteiger partial charge in [-0.05, 0) is 43.5 Å². The van der Waals surface area contributed by atoms with Crippen LogP contribution in [0.5, 0.6) is 0 Å². The maximum Gasteiger partial charge on any atom is 0.249 e. The fourth-order valence-corrected chi connectivity index (χ4v) is 5.02. The van der Waals surface area contributed by atoms with E-state index in [0.717, 1.165) is 18.5 Å². The van der Waals surface area contributed by atoms with Crippen LogP contribution in [0, 0.1) is 0 Å². The Morgan fingerprint density at radius 3 is 2.41 bits per heavy atom. The van der Waals surface area contributed by atoms with Crippen LogP contribution < -0.4 is 10.2 Å². The minimum absolute atomic E-state index is 0.00300. The number of nitrogens with one attached hydrogen (secondary N) is 1. The lowest BCUT2D eigenvalue weighted by atomic mass is 10.2. The van der Waals surface area contributed by atoms with Gasteiger partial charge in [0.15, 0.2) is 0 Å². The van der Waals surface area contributed by atoms with Crippen molar-refractivity contribution in [1.82, 2.24) is 9.29 Å². The van der Waals surface area contributed by atoms with Crippen LogP contribution in [0.2, 0.25) is 0 Å². The van der Waals surface area contributed by atoms with E-state index in [2.05, 4.69) is 10.3 Å². The number of anilines is 2. The molecule has 1 amide bonds. The first-order chi connectivity index (χ1) is 13.1. The van der Waals surface area contributed by atoms with Gasteiger partial charge in [0.05, 0.1) is 0 Å². The first-order valence-corrected chi connectivity index (χ1v) is 10.6. The zero-order chi connectivity index (χ0) is 18.9. The summed E-state index contributed by atoms with van der Waals surface area (Å²) in [6.07, 6.45) is 3.83. The molecule has 0 bridgehead atoms. The molecule has 1 N–H and O–H groups in total. The van der Waals surface area contributed by atoms with Crippen molar-refractivity contribution in [2.45, 2.75) is 30.2 Å². The van der Waals surface area contributed by atoms with E-state index in [0.29, 0.717) is 31.9 Å². The molecule has 1 aromatic heterocycles. The normalized spacial score (nSPS) is 21.0. The van der Waals surface area contributed by atoms with Crippen molar-refractivity contribution in [2.75, 3.05) is 29.9 Å². The first-order valence-electron chi connectivity index (χ1n) is 9.15. The number of carbonyl (C=O) groups is 1. The third-order valence-corrected chi connectivity index (χ3v) is 6.92. The predicted molar refractivity (Wildman–Crippen MR) is 103 cm³/mol. The van der Waals surface area contributed by atoms with Gasteiger partial charge in [-0.1, -0.05) is 18.2 Å². The largest absolute Gasteiger partial charge is 0.358 e. The summed E-state index contributed by atoms with van der Waals surface area (Å²) in [5.41, 5.74) is 0.881. The monoisotopic (exact) mass is 386 g/mol. The van der Waals surface area contributed by atoms with Crippen LogP contribution in [0.4, 0.5) is 11.5 Å². The van der Waals surface area contributed by atoms with Crippen molar-refractivity contribution in [3.05, 3.63) is 48.7 Å². The van der Waals surface area contributed by atoms with E-state index in [-0.39, 0.29) is 16.8 Å². The van der Waals surface area contributed by atoms with Crippen LogP contribution in [-0.4, -0.2) is 49.3 Å². The Hall–Kier alpha value is -2.45. The second kappa shape index (κ2) is 7.28. The molecule has 27 heavy (non-hydrogen) atoms. The van der Waals surface area contributed by atoms with Gasteiger partial charge in [0.25, 0.3) is 0 Å². The number of hydrogen-bond acceptors (Lipinski definition) is 5. The second-order valence-corrected chi connectivity index (χ2v) is 8.74. The van der Waals surface area contributed by atoms with Gasteiger partial charge in [0.2, 0.25) is 15.9 Å². The van der Waals surface area contributed by atoms with Crippen LogP contribution in [0.15, 0.2) is 53.6 Å². The molecule has 142 valence electrons. The lowest BCUT2D eigenvalue weighted by Gasteiger charge is -2.18. The number of hydrogen-bond donors (Lipinski definition) is 1. The van der Waals surface area contributed by atoms with Crippen LogP contribution >= 0.6 is 0 Å². The number of pyridine rings is 1. The molecule has 2 aliphatic heterocycles. The van der Waals surface area contributed by atoms with Gasteiger partial charge in [-0.3, -0.25) is 4.79 Å². The van der Waals surface area contributed by atoms with E-state index in [1.807, 2.05) is 30.3 Å².